The predicted octanol–water partition coefficient (Wildman–Crippen LogP) is 7.04. The number of rotatable bonds is 4. The Morgan fingerprint density at radius 1 is 0.393 bits per heavy atom. The van der Waals surface area contributed by atoms with E-state index in [1.807, 2.05) is 0 Å². The first-order chi connectivity index (χ1) is 13.8. The molecule has 0 N–H and O–H groups in total. The van der Waals surface area contributed by atoms with E-state index in [1.165, 1.54) is 128 Å². The summed E-state index contributed by atoms with van der Waals surface area (Å²) in [6.45, 7) is 0. The summed E-state index contributed by atoms with van der Waals surface area (Å²) in [7, 11) is 0. The molecule has 0 bridgehead atoms. The van der Waals surface area contributed by atoms with Crippen molar-refractivity contribution in [2.24, 2.45) is 0 Å². The molecule has 2 amide bonds. The summed E-state index contributed by atoms with van der Waals surface area (Å²) >= 11 is 0. The molecule has 0 heterocycles. The lowest BCUT2D eigenvalue weighted by Crippen LogP contribution is -2.59. The number of amides is 2. The minimum Gasteiger partial charge on any atom is -0.319 e. The highest BCUT2D eigenvalue weighted by molar-refractivity contribution is 5.76. The summed E-state index contributed by atoms with van der Waals surface area (Å²) < 4.78 is 0. The van der Waals surface area contributed by atoms with Gasteiger partial charge in [-0.05, 0) is 51.4 Å². The standard InChI is InChI=1S/C25H44N2O/c28-25(26(21-13-5-1-6-14-21)22-15-7-2-8-16-22)27(23-17-9-3-10-18-23)24-19-11-4-12-20-24/h21-24H,1-20H2. The average molecular weight is 389 g/mol. The molecule has 0 aromatic rings. The molecule has 4 saturated carbocycles. The van der Waals surface area contributed by atoms with Gasteiger partial charge in [-0.2, -0.15) is 0 Å². The van der Waals surface area contributed by atoms with Crippen molar-refractivity contribution in [3.8, 4) is 0 Å². The monoisotopic (exact) mass is 388 g/mol. The minimum absolute atomic E-state index is 0.470. The topological polar surface area (TPSA) is 23.6 Å². The molecular weight excluding hydrogens is 344 g/mol. The van der Waals surface area contributed by atoms with Gasteiger partial charge in [0.15, 0.2) is 0 Å². The second-order valence-electron chi connectivity index (χ2n) is 10.3. The summed E-state index contributed by atoms with van der Waals surface area (Å²) in [5, 5.41) is 0. The van der Waals surface area contributed by atoms with Crippen LogP contribution >= 0.6 is 0 Å². The van der Waals surface area contributed by atoms with Crippen molar-refractivity contribution in [2.45, 2.75) is 153 Å². The van der Waals surface area contributed by atoms with Crippen LogP contribution in [0.4, 0.5) is 4.79 Å². The molecule has 4 rings (SSSR count). The largest absolute Gasteiger partial charge is 0.321 e. The Hall–Kier alpha value is -0.730. The lowest BCUT2D eigenvalue weighted by Gasteiger charge is -2.49. The fraction of sp³-hybridized carbons (Fsp3) is 0.960. The van der Waals surface area contributed by atoms with Crippen molar-refractivity contribution >= 4 is 6.03 Å². The average Bonchev–Trinajstić information content (AvgIpc) is 2.77. The molecule has 0 spiro atoms. The molecule has 4 aliphatic rings. The zero-order valence-electron chi connectivity index (χ0n) is 18.3. The minimum atomic E-state index is 0.470. The molecule has 0 saturated heterocycles. The van der Waals surface area contributed by atoms with Gasteiger partial charge in [0.1, 0.15) is 0 Å². The van der Waals surface area contributed by atoms with Crippen LogP contribution in [0, 0.1) is 0 Å². The molecule has 160 valence electrons. The van der Waals surface area contributed by atoms with E-state index in [-0.39, 0.29) is 0 Å². The summed E-state index contributed by atoms with van der Waals surface area (Å²) in [5.41, 5.74) is 0. The van der Waals surface area contributed by atoms with Gasteiger partial charge in [0.25, 0.3) is 0 Å². The van der Waals surface area contributed by atoms with E-state index in [1.54, 1.807) is 0 Å². The van der Waals surface area contributed by atoms with Crippen LogP contribution < -0.4 is 0 Å². The van der Waals surface area contributed by atoms with Crippen LogP contribution in [0.25, 0.3) is 0 Å². The first-order valence-corrected chi connectivity index (χ1v) is 13.0. The van der Waals surface area contributed by atoms with Crippen LogP contribution in [-0.2, 0) is 0 Å². The van der Waals surface area contributed by atoms with Gasteiger partial charge in [-0.1, -0.05) is 77.0 Å². The molecule has 0 unspecified atom stereocenters. The Morgan fingerprint density at radius 2 is 0.607 bits per heavy atom. The van der Waals surface area contributed by atoms with E-state index >= 15 is 0 Å². The third-order valence-corrected chi connectivity index (χ3v) is 8.31. The lowest BCUT2D eigenvalue weighted by molar-refractivity contribution is 0.0397. The van der Waals surface area contributed by atoms with Crippen molar-refractivity contribution < 1.29 is 4.79 Å². The third kappa shape index (κ3) is 4.87. The van der Waals surface area contributed by atoms with Gasteiger partial charge in [0.2, 0.25) is 0 Å². The van der Waals surface area contributed by atoms with E-state index in [0.29, 0.717) is 30.2 Å². The van der Waals surface area contributed by atoms with Crippen molar-refractivity contribution in [1.29, 1.82) is 0 Å². The fourth-order valence-corrected chi connectivity index (χ4v) is 6.79. The van der Waals surface area contributed by atoms with Gasteiger partial charge < -0.3 is 9.80 Å². The Kier molecular flexibility index (Phi) is 7.59. The Morgan fingerprint density at radius 3 is 0.821 bits per heavy atom. The summed E-state index contributed by atoms with van der Waals surface area (Å²) in [5.74, 6) is 0. The predicted molar refractivity (Wildman–Crippen MR) is 117 cm³/mol. The molecule has 4 aliphatic carbocycles. The van der Waals surface area contributed by atoms with Gasteiger partial charge in [-0.15, -0.1) is 0 Å². The zero-order chi connectivity index (χ0) is 19.2. The number of hydrogen-bond acceptors (Lipinski definition) is 1. The first kappa shape index (κ1) is 20.5. The third-order valence-electron chi connectivity index (χ3n) is 8.31. The second kappa shape index (κ2) is 10.3. The van der Waals surface area contributed by atoms with Crippen LogP contribution in [0.15, 0.2) is 0 Å². The Bertz CT molecular complexity index is 391. The van der Waals surface area contributed by atoms with Crippen LogP contribution in [0.1, 0.15) is 128 Å². The Labute approximate surface area is 173 Å². The van der Waals surface area contributed by atoms with Gasteiger partial charge >= 0.3 is 6.03 Å². The first-order valence-electron chi connectivity index (χ1n) is 13.0. The SMILES string of the molecule is O=C(N(C1CCCCC1)C1CCCCC1)N(C1CCCCC1)C1CCCCC1. The van der Waals surface area contributed by atoms with E-state index in [0.717, 1.165) is 0 Å². The molecule has 0 radical (unpaired) electrons. The van der Waals surface area contributed by atoms with Gasteiger partial charge in [0, 0.05) is 24.2 Å². The van der Waals surface area contributed by atoms with Crippen LogP contribution in [0.3, 0.4) is 0 Å². The highest BCUT2D eigenvalue weighted by atomic mass is 16.2. The second-order valence-corrected chi connectivity index (χ2v) is 10.3. The van der Waals surface area contributed by atoms with Crippen LogP contribution in [-0.4, -0.2) is 40.0 Å². The maximum atomic E-state index is 14.3. The molecule has 0 aliphatic heterocycles. The van der Waals surface area contributed by atoms with E-state index in [9.17, 15) is 4.79 Å². The van der Waals surface area contributed by atoms with Crippen molar-refractivity contribution in [3.05, 3.63) is 0 Å². The Balaban J connectivity index is 1.57. The molecule has 0 atom stereocenters. The summed E-state index contributed by atoms with van der Waals surface area (Å²) in [4.78, 5) is 19.3. The molecule has 0 aromatic carbocycles. The quantitative estimate of drug-likeness (QED) is 0.506. The van der Waals surface area contributed by atoms with Crippen molar-refractivity contribution in [3.63, 3.8) is 0 Å². The van der Waals surface area contributed by atoms with E-state index in [4.69, 9.17) is 0 Å². The number of urea groups is 1. The van der Waals surface area contributed by atoms with Gasteiger partial charge in [-0.3, -0.25) is 0 Å². The molecule has 4 fully saturated rings. The maximum absolute atomic E-state index is 14.3. The van der Waals surface area contributed by atoms with Crippen LogP contribution in [0.5, 0.6) is 0 Å². The van der Waals surface area contributed by atoms with Gasteiger partial charge in [-0.25, -0.2) is 4.79 Å². The number of carbonyl (C=O) groups excluding carboxylic acids is 1. The summed E-state index contributed by atoms with van der Waals surface area (Å²) in [6, 6.07) is 2.58. The lowest BCUT2D eigenvalue weighted by atomic mass is 9.87. The van der Waals surface area contributed by atoms with E-state index < -0.39 is 0 Å². The molecule has 3 heteroatoms. The molecular formula is C25H44N2O. The maximum Gasteiger partial charge on any atom is 0.321 e. The number of hydrogen-bond donors (Lipinski definition) is 0. The highest BCUT2D eigenvalue weighted by Crippen LogP contribution is 2.36. The van der Waals surface area contributed by atoms with Crippen LogP contribution in [0.2, 0.25) is 0 Å². The normalized spacial score (nSPS) is 26.9. The number of nitrogens with zero attached hydrogens (tertiary/aromatic N) is 2. The van der Waals surface area contributed by atoms with Crippen molar-refractivity contribution in [1.82, 2.24) is 9.80 Å². The highest BCUT2D eigenvalue weighted by Gasteiger charge is 2.40. The summed E-state index contributed by atoms with van der Waals surface area (Å²) in [6.07, 6.45) is 26.2. The van der Waals surface area contributed by atoms with E-state index in [2.05, 4.69) is 9.80 Å². The molecule has 0 aromatic heterocycles. The van der Waals surface area contributed by atoms with Gasteiger partial charge in [0.05, 0.1) is 0 Å². The number of carbonyl (C=O) groups is 1. The molecule has 28 heavy (non-hydrogen) atoms. The smallest absolute Gasteiger partial charge is 0.319 e. The molecule has 3 nitrogen and oxygen atoms in total. The zero-order valence-corrected chi connectivity index (χ0v) is 18.3. The van der Waals surface area contributed by atoms with Crippen molar-refractivity contribution in [2.75, 3.05) is 0 Å². The fourth-order valence-electron chi connectivity index (χ4n) is 6.79.